The molecule has 3 rings (SSSR count). The molecule has 1 atom stereocenters. The van der Waals surface area contributed by atoms with E-state index in [0.29, 0.717) is 5.95 Å². The molecule has 1 unspecified atom stereocenters. The molecular weight excluding hydrogens is 304 g/mol. The van der Waals surface area contributed by atoms with Crippen molar-refractivity contribution in [2.75, 3.05) is 38.9 Å². The van der Waals surface area contributed by atoms with Crippen molar-refractivity contribution >= 4 is 22.8 Å². The Morgan fingerprint density at radius 2 is 2.21 bits per heavy atom. The first kappa shape index (κ1) is 16.6. The Hall–Kier alpha value is -2.25. The Kier molecular flexibility index (Phi) is 5.22. The van der Waals surface area contributed by atoms with Crippen LogP contribution in [0.1, 0.15) is 17.7 Å². The number of anilines is 1. The summed E-state index contributed by atoms with van der Waals surface area (Å²) in [6.07, 6.45) is 1.06. The molecule has 1 aliphatic rings. The van der Waals surface area contributed by atoms with E-state index >= 15 is 0 Å². The number of aryl methyl sites for hydroxylation is 2. The minimum Gasteiger partial charge on any atom is -0.384 e. The lowest BCUT2D eigenvalue weighted by atomic mass is 10.1. The van der Waals surface area contributed by atoms with Crippen molar-refractivity contribution in [2.45, 2.75) is 20.3 Å². The molecule has 0 radical (unpaired) electrons. The number of methoxy groups -OCH3 is 1. The maximum Gasteiger partial charge on any atom is 0.359 e. The SMILES string of the molecule is COCCC[NH+]1CNC(Nc2nc(C)c3ccc(C)cc3n2)=[NH+]C1. The van der Waals surface area contributed by atoms with E-state index in [-0.39, 0.29) is 0 Å². The van der Waals surface area contributed by atoms with Crippen LogP contribution in [0.3, 0.4) is 0 Å². The third-order valence-corrected chi connectivity index (χ3v) is 4.19. The first-order valence-corrected chi connectivity index (χ1v) is 8.35. The lowest BCUT2D eigenvalue weighted by Gasteiger charge is -2.20. The molecule has 0 spiro atoms. The molecular formula is C17H26N6O+2. The number of ether oxygens (including phenoxy) is 1. The number of nitrogens with one attached hydrogen (secondary N) is 4. The van der Waals surface area contributed by atoms with Crippen molar-refractivity contribution < 1.29 is 14.6 Å². The van der Waals surface area contributed by atoms with Crippen LogP contribution in [0.15, 0.2) is 18.2 Å². The van der Waals surface area contributed by atoms with Gasteiger partial charge in [0.2, 0.25) is 0 Å². The molecule has 0 saturated heterocycles. The van der Waals surface area contributed by atoms with Crippen molar-refractivity contribution in [1.82, 2.24) is 15.3 Å². The summed E-state index contributed by atoms with van der Waals surface area (Å²) >= 11 is 0. The summed E-state index contributed by atoms with van der Waals surface area (Å²) < 4.78 is 5.10. The highest BCUT2D eigenvalue weighted by Crippen LogP contribution is 2.18. The molecule has 2 heterocycles. The van der Waals surface area contributed by atoms with Gasteiger partial charge >= 0.3 is 5.96 Å². The van der Waals surface area contributed by atoms with Crippen LogP contribution in [0, 0.1) is 13.8 Å². The van der Waals surface area contributed by atoms with Crippen molar-refractivity contribution in [3.8, 4) is 0 Å². The minimum atomic E-state index is 0.614. The Bertz CT molecular complexity index is 745. The minimum absolute atomic E-state index is 0.614. The fourth-order valence-electron chi connectivity index (χ4n) is 2.85. The predicted octanol–water partition coefficient (Wildman–Crippen LogP) is -1.47. The molecule has 7 nitrogen and oxygen atoms in total. The van der Waals surface area contributed by atoms with Gasteiger partial charge in [-0.2, -0.15) is 4.98 Å². The van der Waals surface area contributed by atoms with Gasteiger partial charge in [-0.25, -0.2) is 20.6 Å². The van der Waals surface area contributed by atoms with Crippen LogP contribution in [-0.4, -0.2) is 49.5 Å². The van der Waals surface area contributed by atoms with Crippen molar-refractivity contribution in [3.63, 3.8) is 0 Å². The van der Waals surface area contributed by atoms with Crippen LogP contribution in [0.4, 0.5) is 5.95 Å². The Morgan fingerprint density at radius 3 is 2.96 bits per heavy atom. The predicted molar refractivity (Wildman–Crippen MR) is 93.8 cm³/mol. The largest absolute Gasteiger partial charge is 0.384 e. The van der Waals surface area contributed by atoms with Crippen LogP contribution in [0.25, 0.3) is 10.9 Å². The van der Waals surface area contributed by atoms with Gasteiger partial charge in [-0.1, -0.05) is 12.1 Å². The Balaban J connectivity index is 1.67. The van der Waals surface area contributed by atoms with E-state index in [1.54, 1.807) is 7.11 Å². The number of fused-ring (bicyclic) bond motifs is 1. The number of rotatable bonds is 5. The molecule has 1 aliphatic heterocycles. The normalized spacial score (nSPS) is 17.5. The van der Waals surface area contributed by atoms with E-state index in [1.165, 1.54) is 10.5 Å². The second kappa shape index (κ2) is 7.55. The summed E-state index contributed by atoms with van der Waals surface area (Å²) in [6, 6.07) is 6.25. The second-order valence-corrected chi connectivity index (χ2v) is 6.21. The average molecular weight is 330 g/mol. The maximum absolute atomic E-state index is 5.10. The molecule has 0 aliphatic carbocycles. The van der Waals surface area contributed by atoms with Crippen LogP contribution < -0.4 is 20.5 Å². The number of hydrogen-bond acceptors (Lipinski definition) is 5. The molecule has 24 heavy (non-hydrogen) atoms. The third kappa shape index (κ3) is 3.98. The van der Waals surface area contributed by atoms with Crippen molar-refractivity contribution in [3.05, 3.63) is 29.5 Å². The number of guanidine groups is 1. The van der Waals surface area contributed by atoms with Gasteiger partial charge in [0.25, 0.3) is 5.95 Å². The molecule has 1 aromatic carbocycles. The molecule has 0 amide bonds. The fraction of sp³-hybridized carbons (Fsp3) is 0.471. The molecule has 7 heteroatoms. The smallest absolute Gasteiger partial charge is 0.359 e. The summed E-state index contributed by atoms with van der Waals surface area (Å²) in [5.74, 6) is 1.47. The van der Waals surface area contributed by atoms with Crippen molar-refractivity contribution in [2.24, 2.45) is 0 Å². The zero-order valence-electron chi connectivity index (χ0n) is 14.6. The van der Waals surface area contributed by atoms with Gasteiger partial charge in [0.05, 0.1) is 24.4 Å². The van der Waals surface area contributed by atoms with E-state index < -0.39 is 0 Å². The zero-order valence-corrected chi connectivity index (χ0v) is 14.6. The van der Waals surface area contributed by atoms with Gasteiger partial charge in [0.15, 0.2) is 13.3 Å². The summed E-state index contributed by atoms with van der Waals surface area (Å²) in [5.41, 5.74) is 3.14. The Labute approximate surface area is 142 Å². The average Bonchev–Trinajstić information content (AvgIpc) is 2.56. The van der Waals surface area contributed by atoms with E-state index in [1.807, 2.05) is 6.92 Å². The van der Waals surface area contributed by atoms with Gasteiger partial charge in [-0.15, -0.1) is 0 Å². The van der Waals surface area contributed by atoms with E-state index in [4.69, 9.17) is 4.74 Å². The third-order valence-electron chi connectivity index (χ3n) is 4.19. The highest BCUT2D eigenvalue weighted by Gasteiger charge is 2.20. The van der Waals surface area contributed by atoms with Gasteiger partial charge in [-0.3, -0.25) is 4.90 Å². The summed E-state index contributed by atoms with van der Waals surface area (Å²) in [5, 5.41) is 7.71. The molecule has 2 aromatic rings. The number of aromatic nitrogens is 2. The summed E-state index contributed by atoms with van der Waals surface area (Å²) in [6.45, 7) is 7.70. The van der Waals surface area contributed by atoms with Crippen LogP contribution in [0.5, 0.6) is 0 Å². The number of hydrogen-bond donors (Lipinski definition) is 4. The topological polar surface area (TPSA) is 77.5 Å². The maximum atomic E-state index is 5.10. The molecule has 1 aromatic heterocycles. The standard InChI is InChI=1S/C17H24N6O/c1-12-5-6-14-13(2)20-17(21-15(14)9-12)22-16-18-10-23(11-19-16)7-4-8-24-3/h5-6,9H,4,7-8,10-11H2,1-3H3,(H2,18,19,20,21,22)/p+2. The molecule has 128 valence electrons. The molecule has 0 fully saturated rings. The van der Waals surface area contributed by atoms with E-state index in [0.717, 1.165) is 55.5 Å². The second-order valence-electron chi connectivity index (χ2n) is 6.21. The fourth-order valence-corrected chi connectivity index (χ4v) is 2.85. The van der Waals surface area contributed by atoms with Crippen LogP contribution in [-0.2, 0) is 4.74 Å². The van der Waals surface area contributed by atoms with E-state index in [2.05, 4.69) is 50.7 Å². The first-order chi connectivity index (χ1) is 11.7. The van der Waals surface area contributed by atoms with E-state index in [9.17, 15) is 0 Å². The number of nitrogens with zero attached hydrogens (tertiary/aromatic N) is 2. The lowest BCUT2D eigenvalue weighted by molar-refractivity contribution is -0.980. The lowest BCUT2D eigenvalue weighted by Crippen LogP contribution is -3.24. The van der Waals surface area contributed by atoms with Gasteiger partial charge in [0, 0.05) is 18.9 Å². The highest BCUT2D eigenvalue weighted by molar-refractivity contribution is 5.89. The first-order valence-electron chi connectivity index (χ1n) is 8.35. The molecule has 0 bridgehead atoms. The molecule has 0 saturated carbocycles. The summed E-state index contributed by atoms with van der Waals surface area (Å²) in [4.78, 5) is 14.0. The number of quaternary nitrogens is 1. The van der Waals surface area contributed by atoms with Gasteiger partial charge in [-0.05, 0) is 25.5 Å². The van der Waals surface area contributed by atoms with Crippen LogP contribution >= 0.6 is 0 Å². The quantitative estimate of drug-likeness (QED) is 0.504. The summed E-state index contributed by atoms with van der Waals surface area (Å²) in [7, 11) is 1.74. The Morgan fingerprint density at radius 1 is 1.33 bits per heavy atom. The zero-order chi connectivity index (χ0) is 16.9. The van der Waals surface area contributed by atoms with Crippen LogP contribution in [0.2, 0.25) is 0 Å². The molecule has 4 N–H and O–H groups in total. The number of benzene rings is 1. The monoisotopic (exact) mass is 330 g/mol. The van der Waals surface area contributed by atoms with Gasteiger partial charge in [0.1, 0.15) is 0 Å². The van der Waals surface area contributed by atoms with Crippen molar-refractivity contribution in [1.29, 1.82) is 0 Å². The van der Waals surface area contributed by atoms with Gasteiger partial charge < -0.3 is 4.74 Å². The highest BCUT2D eigenvalue weighted by atomic mass is 16.5.